The zero-order valence-electron chi connectivity index (χ0n) is 10.4. The van der Waals surface area contributed by atoms with Gasteiger partial charge in [-0.1, -0.05) is 19.8 Å². The van der Waals surface area contributed by atoms with Gasteiger partial charge in [0.1, 0.15) is 0 Å². The van der Waals surface area contributed by atoms with Crippen molar-refractivity contribution in [1.29, 1.82) is 0 Å². The molecule has 1 saturated carbocycles. The normalized spacial score (nSPS) is 17.8. The minimum absolute atomic E-state index is 0.00505. The highest BCUT2D eigenvalue weighted by molar-refractivity contribution is 5.84. The van der Waals surface area contributed by atoms with Crippen LogP contribution in [0.5, 0.6) is 0 Å². The second kappa shape index (κ2) is 6.59. The molecule has 5 heteroatoms. The molecule has 3 N–H and O–H groups in total. The van der Waals surface area contributed by atoms with Crippen molar-refractivity contribution >= 4 is 11.8 Å². The van der Waals surface area contributed by atoms with Crippen molar-refractivity contribution in [2.45, 2.75) is 51.0 Å². The minimum Gasteiger partial charge on any atom is -0.388 e. The first kappa shape index (κ1) is 14.0. The molecule has 0 aliphatic heterocycles. The van der Waals surface area contributed by atoms with Gasteiger partial charge in [0, 0.05) is 13.0 Å². The molecule has 0 aromatic heterocycles. The third kappa shape index (κ3) is 5.17. The van der Waals surface area contributed by atoms with Crippen LogP contribution in [-0.4, -0.2) is 35.6 Å². The standard InChI is InChI=1S/C12H22N2O3/c1-2-5-10(15)13-8-11(16)14-9-12(17)6-3-4-7-12/h17H,2-9H2,1H3,(H,13,15)(H,14,16). The highest BCUT2D eigenvalue weighted by Crippen LogP contribution is 2.28. The van der Waals surface area contributed by atoms with E-state index < -0.39 is 5.60 Å². The Kier molecular flexibility index (Phi) is 5.41. The number of rotatable bonds is 6. The Labute approximate surface area is 102 Å². The predicted octanol–water partition coefficient (Wildman–Crippen LogP) is 0.324. The fourth-order valence-corrected chi connectivity index (χ4v) is 2.03. The van der Waals surface area contributed by atoms with Crippen molar-refractivity contribution in [1.82, 2.24) is 10.6 Å². The largest absolute Gasteiger partial charge is 0.388 e. The summed E-state index contributed by atoms with van der Waals surface area (Å²) < 4.78 is 0. The number of amides is 2. The van der Waals surface area contributed by atoms with E-state index >= 15 is 0 Å². The highest BCUT2D eigenvalue weighted by Gasteiger charge is 2.31. The monoisotopic (exact) mass is 242 g/mol. The summed E-state index contributed by atoms with van der Waals surface area (Å²) in [6.45, 7) is 2.19. The predicted molar refractivity (Wildman–Crippen MR) is 64.3 cm³/mol. The summed E-state index contributed by atoms with van der Waals surface area (Å²) in [6, 6.07) is 0. The van der Waals surface area contributed by atoms with E-state index in [9.17, 15) is 14.7 Å². The molecule has 0 unspecified atom stereocenters. The van der Waals surface area contributed by atoms with Crippen LogP contribution in [0.25, 0.3) is 0 Å². The van der Waals surface area contributed by atoms with Gasteiger partial charge in [-0.05, 0) is 19.3 Å². The average molecular weight is 242 g/mol. The zero-order valence-corrected chi connectivity index (χ0v) is 10.4. The Bertz CT molecular complexity index is 273. The summed E-state index contributed by atoms with van der Waals surface area (Å²) in [5, 5.41) is 15.2. The summed E-state index contributed by atoms with van der Waals surface area (Å²) in [4.78, 5) is 22.5. The number of hydrogen-bond acceptors (Lipinski definition) is 3. The van der Waals surface area contributed by atoms with Crippen LogP contribution in [0.15, 0.2) is 0 Å². The van der Waals surface area contributed by atoms with Gasteiger partial charge < -0.3 is 15.7 Å². The summed E-state index contributed by atoms with van der Waals surface area (Å²) in [6.07, 6.45) is 4.73. The summed E-state index contributed by atoms with van der Waals surface area (Å²) in [7, 11) is 0. The lowest BCUT2D eigenvalue weighted by atomic mass is 10.0. The Hall–Kier alpha value is -1.10. The van der Waals surface area contributed by atoms with Crippen LogP contribution in [0.3, 0.4) is 0 Å². The molecule has 0 aromatic rings. The van der Waals surface area contributed by atoms with Crippen molar-refractivity contribution < 1.29 is 14.7 Å². The molecule has 1 fully saturated rings. The number of aliphatic hydroxyl groups is 1. The molecule has 1 aliphatic rings. The van der Waals surface area contributed by atoms with Crippen LogP contribution in [0.4, 0.5) is 0 Å². The smallest absolute Gasteiger partial charge is 0.239 e. The maximum absolute atomic E-state index is 11.4. The molecule has 0 spiro atoms. The van der Waals surface area contributed by atoms with E-state index in [1.54, 1.807) is 0 Å². The topological polar surface area (TPSA) is 78.4 Å². The SMILES string of the molecule is CCCC(=O)NCC(=O)NCC1(O)CCCC1. The Morgan fingerprint density at radius 3 is 2.41 bits per heavy atom. The third-order valence-electron chi connectivity index (χ3n) is 3.07. The Balaban J connectivity index is 2.14. The number of carbonyl (C=O) groups excluding carboxylic acids is 2. The van der Waals surface area contributed by atoms with Gasteiger partial charge in [0.2, 0.25) is 11.8 Å². The van der Waals surface area contributed by atoms with Crippen molar-refractivity contribution in [2.75, 3.05) is 13.1 Å². The van der Waals surface area contributed by atoms with Gasteiger partial charge in [-0.25, -0.2) is 0 Å². The highest BCUT2D eigenvalue weighted by atomic mass is 16.3. The first-order chi connectivity index (χ1) is 8.06. The van der Waals surface area contributed by atoms with Gasteiger partial charge in [0.15, 0.2) is 0 Å². The quantitative estimate of drug-likeness (QED) is 0.628. The lowest BCUT2D eigenvalue weighted by Gasteiger charge is -2.22. The fourth-order valence-electron chi connectivity index (χ4n) is 2.03. The maximum atomic E-state index is 11.4. The first-order valence-electron chi connectivity index (χ1n) is 6.31. The lowest BCUT2D eigenvalue weighted by Crippen LogP contribution is -2.44. The van der Waals surface area contributed by atoms with Crippen LogP contribution in [0.1, 0.15) is 45.4 Å². The molecule has 0 atom stereocenters. The van der Waals surface area contributed by atoms with Gasteiger partial charge >= 0.3 is 0 Å². The van der Waals surface area contributed by atoms with E-state index in [-0.39, 0.29) is 24.9 Å². The zero-order chi connectivity index (χ0) is 12.7. The third-order valence-corrected chi connectivity index (χ3v) is 3.07. The van der Waals surface area contributed by atoms with Gasteiger partial charge in [-0.3, -0.25) is 9.59 Å². The molecule has 2 amide bonds. The summed E-state index contributed by atoms with van der Waals surface area (Å²) in [5.41, 5.74) is -0.733. The van der Waals surface area contributed by atoms with E-state index in [4.69, 9.17) is 0 Å². The van der Waals surface area contributed by atoms with Gasteiger partial charge in [-0.15, -0.1) is 0 Å². The van der Waals surface area contributed by atoms with Crippen LogP contribution < -0.4 is 10.6 Å². The number of hydrogen-bond donors (Lipinski definition) is 3. The minimum atomic E-state index is -0.733. The molecule has 0 heterocycles. The van der Waals surface area contributed by atoms with Crippen molar-refractivity contribution in [3.63, 3.8) is 0 Å². The molecule has 1 aliphatic carbocycles. The summed E-state index contributed by atoms with van der Waals surface area (Å²) >= 11 is 0. The second-order valence-electron chi connectivity index (χ2n) is 4.73. The molecule has 5 nitrogen and oxygen atoms in total. The fraction of sp³-hybridized carbons (Fsp3) is 0.833. The van der Waals surface area contributed by atoms with Gasteiger partial charge in [0.25, 0.3) is 0 Å². The van der Waals surface area contributed by atoms with E-state index in [1.165, 1.54) is 0 Å². The van der Waals surface area contributed by atoms with Gasteiger partial charge in [0.05, 0.1) is 12.1 Å². The van der Waals surface area contributed by atoms with Crippen LogP contribution in [0, 0.1) is 0 Å². The van der Waals surface area contributed by atoms with E-state index in [2.05, 4.69) is 10.6 Å². The number of nitrogens with one attached hydrogen (secondary N) is 2. The Morgan fingerprint density at radius 2 is 1.82 bits per heavy atom. The van der Waals surface area contributed by atoms with Crippen LogP contribution >= 0.6 is 0 Å². The molecule has 0 saturated heterocycles. The molecule has 1 rings (SSSR count). The molecular formula is C12H22N2O3. The van der Waals surface area contributed by atoms with E-state index in [1.807, 2.05) is 6.92 Å². The molecule has 0 radical (unpaired) electrons. The first-order valence-corrected chi connectivity index (χ1v) is 6.31. The molecule has 0 aromatic carbocycles. The summed E-state index contributed by atoms with van der Waals surface area (Å²) in [5.74, 6) is -0.350. The average Bonchev–Trinajstić information content (AvgIpc) is 2.72. The van der Waals surface area contributed by atoms with Crippen LogP contribution in [-0.2, 0) is 9.59 Å². The van der Waals surface area contributed by atoms with E-state index in [0.29, 0.717) is 6.42 Å². The van der Waals surface area contributed by atoms with Crippen LogP contribution in [0.2, 0.25) is 0 Å². The number of carbonyl (C=O) groups is 2. The molecular weight excluding hydrogens is 220 g/mol. The molecule has 17 heavy (non-hydrogen) atoms. The lowest BCUT2D eigenvalue weighted by molar-refractivity contribution is -0.126. The maximum Gasteiger partial charge on any atom is 0.239 e. The van der Waals surface area contributed by atoms with Crippen molar-refractivity contribution in [3.05, 3.63) is 0 Å². The second-order valence-corrected chi connectivity index (χ2v) is 4.73. The van der Waals surface area contributed by atoms with E-state index in [0.717, 1.165) is 32.1 Å². The van der Waals surface area contributed by atoms with Crippen molar-refractivity contribution in [2.24, 2.45) is 0 Å². The van der Waals surface area contributed by atoms with Crippen molar-refractivity contribution in [3.8, 4) is 0 Å². The molecule has 0 bridgehead atoms. The van der Waals surface area contributed by atoms with Gasteiger partial charge in [-0.2, -0.15) is 0 Å². The Morgan fingerprint density at radius 1 is 1.18 bits per heavy atom. The molecule has 98 valence electrons.